The summed E-state index contributed by atoms with van der Waals surface area (Å²) in [5.74, 6) is -0.293. The van der Waals surface area contributed by atoms with Gasteiger partial charge in [-0.2, -0.15) is 0 Å². The van der Waals surface area contributed by atoms with E-state index in [2.05, 4.69) is 5.32 Å². The molecule has 0 saturated carbocycles. The Hall–Kier alpha value is -2.99. The van der Waals surface area contributed by atoms with Gasteiger partial charge >= 0.3 is 0 Å². The Morgan fingerprint density at radius 2 is 1.68 bits per heavy atom. The third kappa shape index (κ3) is 3.44. The lowest BCUT2D eigenvalue weighted by molar-refractivity contribution is -0.122. The summed E-state index contributed by atoms with van der Waals surface area (Å²) in [4.78, 5) is 26.4. The van der Waals surface area contributed by atoms with Crippen LogP contribution in [0, 0.1) is 6.92 Å². The molecule has 1 fully saturated rings. The van der Waals surface area contributed by atoms with Crippen molar-refractivity contribution in [2.24, 2.45) is 0 Å². The van der Waals surface area contributed by atoms with Crippen LogP contribution in [0.2, 0.25) is 0 Å². The molecule has 2 amide bonds. The second-order valence-corrected chi connectivity index (χ2v) is 5.95. The second kappa shape index (κ2) is 6.86. The maximum atomic E-state index is 12.9. The monoisotopic (exact) mass is 352 g/mol. The van der Waals surface area contributed by atoms with Crippen LogP contribution in [0.5, 0.6) is 5.75 Å². The number of ether oxygens (including phenoxy) is 1. The van der Waals surface area contributed by atoms with Crippen LogP contribution in [0.1, 0.15) is 11.1 Å². The molecule has 1 saturated heterocycles. The number of aryl methyl sites for hydroxylation is 1. The van der Waals surface area contributed by atoms with E-state index in [1.165, 1.54) is 4.90 Å². The Morgan fingerprint density at radius 3 is 2.28 bits per heavy atom. The minimum atomic E-state index is -0.500. The van der Waals surface area contributed by atoms with Crippen LogP contribution >= 0.6 is 12.2 Å². The molecule has 1 N–H and O–H groups in total. The van der Waals surface area contributed by atoms with E-state index >= 15 is 0 Å². The maximum Gasteiger partial charge on any atom is 0.270 e. The van der Waals surface area contributed by atoms with Crippen molar-refractivity contribution in [2.45, 2.75) is 6.92 Å². The first-order valence-corrected chi connectivity index (χ1v) is 8.02. The van der Waals surface area contributed by atoms with Crippen molar-refractivity contribution >= 4 is 40.9 Å². The highest BCUT2D eigenvalue weighted by atomic mass is 32.1. The highest BCUT2D eigenvalue weighted by molar-refractivity contribution is 7.80. The van der Waals surface area contributed by atoms with Gasteiger partial charge in [0.25, 0.3) is 11.8 Å². The Morgan fingerprint density at radius 1 is 1.04 bits per heavy atom. The first-order valence-electron chi connectivity index (χ1n) is 7.62. The van der Waals surface area contributed by atoms with Crippen LogP contribution in [0.4, 0.5) is 5.69 Å². The fourth-order valence-corrected chi connectivity index (χ4v) is 2.73. The third-order valence-corrected chi connectivity index (χ3v) is 4.11. The zero-order chi connectivity index (χ0) is 18.0. The van der Waals surface area contributed by atoms with Crippen molar-refractivity contribution in [2.75, 3.05) is 12.0 Å². The normalized spacial score (nSPS) is 16.2. The van der Waals surface area contributed by atoms with Crippen LogP contribution in [-0.4, -0.2) is 24.0 Å². The van der Waals surface area contributed by atoms with Crippen LogP contribution in [-0.2, 0) is 9.59 Å². The van der Waals surface area contributed by atoms with Gasteiger partial charge in [-0.15, -0.1) is 0 Å². The van der Waals surface area contributed by atoms with Gasteiger partial charge in [0, 0.05) is 0 Å². The van der Waals surface area contributed by atoms with E-state index in [-0.39, 0.29) is 10.7 Å². The molecule has 0 atom stereocenters. The summed E-state index contributed by atoms with van der Waals surface area (Å²) in [5, 5.41) is 2.62. The summed E-state index contributed by atoms with van der Waals surface area (Å²) >= 11 is 5.17. The van der Waals surface area contributed by atoms with Gasteiger partial charge in [0.2, 0.25) is 0 Å². The van der Waals surface area contributed by atoms with Gasteiger partial charge in [0.1, 0.15) is 11.3 Å². The molecule has 1 aliphatic rings. The average molecular weight is 352 g/mol. The molecule has 0 spiro atoms. The molecule has 6 heteroatoms. The van der Waals surface area contributed by atoms with Crippen LogP contribution in [0.25, 0.3) is 6.08 Å². The summed E-state index contributed by atoms with van der Waals surface area (Å²) in [7, 11) is 1.56. The summed E-state index contributed by atoms with van der Waals surface area (Å²) < 4.78 is 5.12. The predicted octanol–water partition coefficient (Wildman–Crippen LogP) is 2.83. The topological polar surface area (TPSA) is 58.6 Å². The Kier molecular flexibility index (Phi) is 4.63. The number of hydrogen-bond donors (Lipinski definition) is 1. The van der Waals surface area contributed by atoms with Gasteiger partial charge in [0.05, 0.1) is 12.8 Å². The molecular weight excluding hydrogens is 336 g/mol. The van der Waals surface area contributed by atoms with E-state index < -0.39 is 11.8 Å². The molecule has 3 rings (SSSR count). The summed E-state index contributed by atoms with van der Waals surface area (Å²) in [6.07, 6.45) is 1.56. The fraction of sp³-hybridized carbons (Fsp3) is 0.105. The van der Waals surface area contributed by atoms with Crippen LogP contribution in [0.3, 0.4) is 0 Å². The summed E-state index contributed by atoms with van der Waals surface area (Å²) in [6, 6.07) is 14.4. The van der Waals surface area contributed by atoms with E-state index in [4.69, 9.17) is 17.0 Å². The minimum Gasteiger partial charge on any atom is -0.497 e. The molecular formula is C19H16N2O3S. The number of carbonyl (C=O) groups excluding carboxylic acids is 2. The van der Waals surface area contributed by atoms with Crippen LogP contribution < -0.4 is 15.0 Å². The molecule has 5 nitrogen and oxygen atoms in total. The number of carbonyl (C=O) groups is 2. The zero-order valence-electron chi connectivity index (χ0n) is 13.8. The lowest BCUT2D eigenvalue weighted by Gasteiger charge is -2.29. The third-order valence-electron chi connectivity index (χ3n) is 3.82. The molecule has 2 aromatic carbocycles. The molecule has 0 aliphatic carbocycles. The molecule has 0 bridgehead atoms. The van der Waals surface area contributed by atoms with Crippen molar-refractivity contribution in [3.63, 3.8) is 0 Å². The molecule has 0 radical (unpaired) electrons. The minimum absolute atomic E-state index is 0.0354. The van der Waals surface area contributed by atoms with Gasteiger partial charge in [-0.25, -0.2) is 0 Å². The smallest absolute Gasteiger partial charge is 0.270 e. The first-order chi connectivity index (χ1) is 12.0. The number of hydrogen-bond acceptors (Lipinski definition) is 4. The highest BCUT2D eigenvalue weighted by Gasteiger charge is 2.34. The number of nitrogens with one attached hydrogen (secondary N) is 1. The lowest BCUT2D eigenvalue weighted by atomic mass is 10.1. The summed E-state index contributed by atoms with van der Waals surface area (Å²) in [5.41, 5.74) is 2.47. The Balaban J connectivity index is 1.97. The second-order valence-electron chi connectivity index (χ2n) is 5.57. The van der Waals surface area contributed by atoms with Gasteiger partial charge in [0.15, 0.2) is 5.11 Å². The van der Waals surface area contributed by atoms with Crippen molar-refractivity contribution in [1.29, 1.82) is 0 Å². The predicted molar refractivity (Wildman–Crippen MR) is 100 cm³/mol. The molecule has 1 heterocycles. The van der Waals surface area contributed by atoms with Gasteiger partial charge in [-0.1, -0.05) is 29.8 Å². The zero-order valence-corrected chi connectivity index (χ0v) is 14.6. The standard InChI is InChI=1S/C19H16N2O3S/c1-12-3-5-13(6-4-12)11-16-17(22)20-19(25)21(18(16)23)14-7-9-15(24-2)10-8-14/h3-11H,1-2H3,(H,20,22,25)/b16-11-. The molecule has 25 heavy (non-hydrogen) atoms. The maximum absolute atomic E-state index is 12.9. The number of amides is 2. The van der Waals surface area contributed by atoms with E-state index in [0.717, 1.165) is 11.1 Å². The number of thiocarbonyl (C=S) groups is 1. The van der Waals surface area contributed by atoms with Gasteiger partial charge in [-0.05, 0) is 55.0 Å². The SMILES string of the molecule is COc1ccc(N2C(=O)/C(=C\c3ccc(C)cc3)C(=O)NC2=S)cc1. The van der Waals surface area contributed by atoms with E-state index in [9.17, 15) is 9.59 Å². The van der Waals surface area contributed by atoms with Crippen molar-refractivity contribution in [3.05, 3.63) is 65.2 Å². The summed E-state index contributed by atoms with van der Waals surface area (Å²) in [6.45, 7) is 1.97. The van der Waals surface area contributed by atoms with E-state index in [1.54, 1.807) is 37.5 Å². The van der Waals surface area contributed by atoms with Crippen LogP contribution in [0.15, 0.2) is 54.1 Å². The van der Waals surface area contributed by atoms with Gasteiger partial charge < -0.3 is 4.74 Å². The largest absolute Gasteiger partial charge is 0.497 e. The van der Waals surface area contributed by atoms with Crippen molar-refractivity contribution < 1.29 is 14.3 Å². The van der Waals surface area contributed by atoms with E-state index in [1.807, 2.05) is 31.2 Å². The lowest BCUT2D eigenvalue weighted by Crippen LogP contribution is -2.54. The average Bonchev–Trinajstić information content (AvgIpc) is 2.60. The Labute approximate surface area is 150 Å². The number of benzene rings is 2. The molecule has 2 aromatic rings. The number of nitrogens with zero attached hydrogens (tertiary/aromatic N) is 1. The number of methoxy groups -OCH3 is 1. The van der Waals surface area contributed by atoms with Gasteiger partial charge in [-0.3, -0.25) is 19.8 Å². The molecule has 1 aliphatic heterocycles. The number of rotatable bonds is 3. The quantitative estimate of drug-likeness (QED) is 0.524. The van der Waals surface area contributed by atoms with Crippen molar-refractivity contribution in [3.8, 4) is 5.75 Å². The fourth-order valence-electron chi connectivity index (χ4n) is 2.45. The molecule has 0 aromatic heterocycles. The van der Waals surface area contributed by atoms with Crippen molar-refractivity contribution in [1.82, 2.24) is 5.32 Å². The number of anilines is 1. The highest BCUT2D eigenvalue weighted by Crippen LogP contribution is 2.24. The first kappa shape index (κ1) is 16.9. The molecule has 0 unspecified atom stereocenters. The molecule has 126 valence electrons. The van der Waals surface area contributed by atoms with E-state index in [0.29, 0.717) is 11.4 Å². The Bertz CT molecular complexity index is 871.